The Morgan fingerprint density at radius 1 is 1.02 bits per heavy atom. The van der Waals surface area contributed by atoms with E-state index in [9.17, 15) is 27.6 Å². The summed E-state index contributed by atoms with van der Waals surface area (Å²) < 4.78 is 47.9. The van der Waals surface area contributed by atoms with Crippen molar-refractivity contribution in [1.82, 2.24) is 25.6 Å². The van der Waals surface area contributed by atoms with Gasteiger partial charge in [-0.05, 0) is 45.4 Å². The normalized spacial score (nSPS) is 17.8. The predicted octanol–water partition coefficient (Wildman–Crippen LogP) is 4.15. The second-order valence-electron chi connectivity index (χ2n) is 9.95. The minimum Gasteiger partial charge on any atom is -0.459 e. The molecule has 3 rings (SSSR count). The molecule has 0 fully saturated rings. The van der Waals surface area contributed by atoms with E-state index in [1.807, 2.05) is 0 Å². The molecule has 3 heterocycles. The summed E-state index contributed by atoms with van der Waals surface area (Å²) in [7, 11) is 0. The van der Waals surface area contributed by atoms with Crippen LogP contribution < -0.4 is 15.5 Å². The Morgan fingerprint density at radius 2 is 1.68 bits per heavy atom. The van der Waals surface area contributed by atoms with E-state index in [0.29, 0.717) is 4.90 Å². The molecule has 1 aliphatic heterocycles. The number of aliphatic imine (C=N–C) groups is 1. The van der Waals surface area contributed by atoms with Crippen LogP contribution in [-0.2, 0) is 9.53 Å². The highest BCUT2D eigenvalue weighted by Crippen LogP contribution is 2.50. The van der Waals surface area contributed by atoms with E-state index in [-0.39, 0.29) is 23.9 Å². The number of hydrogen-bond donors (Lipinski definition) is 2. The number of aromatic nitrogens is 3. The lowest BCUT2D eigenvalue weighted by atomic mass is 9.72. The van der Waals surface area contributed by atoms with Gasteiger partial charge in [0.25, 0.3) is 0 Å². The van der Waals surface area contributed by atoms with Crippen molar-refractivity contribution in [3.8, 4) is 0 Å². The van der Waals surface area contributed by atoms with Gasteiger partial charge in [-0.1, -0.05) is 19.1 Å². The number of carbonyl (C=O) groups excluding carboxylic acids is 3. The molecule has 1 aliphatic rings. The summed E-state index contributed by atoms with van der Waals surface area (Å²) in [6.45, 7) is 5.59. The van der Waals surface area contributed by atoms with Crippen molar-refractivity contribution in [2.24, 2.45) is 10.4 Å². The van der Waals surface area contributed by atoms with Crippen LogP contribution in [0.4, 0.5) is 28.6 Å². The second-order valence-corrected chi connectivity index (χ2v) is 9.95. The van der Waals surface area contributed by atoms with Crippen molar-refractivity contribution in [2.75, 3.05) is 18.0 Å². The maximum Gasteiger partial charge on any atom is 0.400 e. The van der Waals surface area contributed by atoms with E-state index in [2.05, 4.69) is 30.6 Å². The fourth-order valence-corrected chi connectivity index (χ4v) is 3.83. The first-order valence-electron chi connectivity index (χ1n) is 12.3. The Kier molecular flexibility index (Phi) is 9.22. The number of pyridine rings is 1. The maximum atomic E-state index is 14.2. The van der Waals surface area contributed by atoms with Crippen LogP contribution >= 0.6 is 0 Å². The Bertz CT molecular complexity index is 1260. The number of allylic oxidation sites excluding steroid dienone is 1. The average Bonchev–Trinajstić information content (AvgIpc) is 2.90. The quantitative estimate of drug-likeness (QED) is 0.484. The number of nitrogens with zero attached hydrogens (tertiary/aromatic N) is 5. The number of esters is 1. The molecular weight excluding hydrogens is 531 g/mol. The van der Waals surface area contributed by atoms with E-state index in [1.165, 1.54) is 43.7 Å². The van der Waals surface area contributed by atoms with E-state index < -0.39 is 54.1 Å². The molecule has 2 aromatic rings. The van der Waals surface area contributed by atoms with Crippen LogP contribution in [0.2, 0.25) is 0 Å². The van der Waals surface area contributed by atoms with Crippen molar-refractivity contribution in [3.63, 3.8) is 0 Å². The zero-order chi connectivity index (χ0) is 29.6. The van der Waals surface area contributed by atoms with Gasteiger partial charge < -0.3 is 15.4 Å². The lowest BCUT2D eigenvalue weighted by molar-refractivity contribution is -0.202. The summed E-state index contributed by atoms with van der Waals surface area (Å²) in [5.74, 6) is -1.86. The molecule has 0 bridgehead atoms. The van der Waals surface area contributed by atoms with Gasteiger partial charge in [-0.15, -0.1) is 0 Å². The number of amides is 4. The van der Waals surface area contributed by atoms with Crippen molar-refractivity contribution in [2.45, 2.75) is 51.8 Å². The van der Waals surface area contributed by atoms with Gasteiger partial charge in [0.05, 0.1) is 12.2 Å². The van der Waals surface area contributed by atoms with Gasteiger partial charge in [-0.3, -0.25) is 9.79 Å². The molecule has 0 spiro atoms. The molecule has 14 heteroatoms. The number of halogens is 3. The minimum atomic E-state index is -4.65. The van der Waals surface area contributed by atoms with Crippen LogP contribution in [0.5, 0.6) is 0 Å². The number of nitrogens with one attached hydrogen (secondary N) is 2. The summed E-state index contributed by atoms with van der Waals surface area (Å²) in [6, 6.07) is 4.14. The monoisotopic (exact) mass is 561 g/mol. The Balaban J connectivity index is 1.71. The van der Waals surface area contributed by atoms with Gasteiger partial charge in [0, 0.05) is 30.7 Å². The van der Waals surface area contributed by atoms with Crippen molar-refractivity contribution in [1.29, 1.82) is 0 Å². The lowest BCUT2D eigenvalue weighted by Crippen LogP contribution is -2.51. The van der Waals surface area contributed by atoms with Gasteiger partial charge in [0.1, 0.15) is 29.2 Å². The molecule has 0 radical (unpaired) electrons. The standard InChI is InChI=1S/C26H30F3N7O4/c1-17(21-31-12-7-13-32-21)25(26(27,28)29)10-9-18(35-16-25)14-33-22(38)36(19-8-5-6-11-30-19)23(39)34-15-20(37)40-24(2,3)4/h5-9,11-13,16-17H,10,14-15H2,1-4H3,(H,33,38)(H,34,39). The molecule has 4 amide bonds. The van der Waals surface area contributed by atoms with Gasteiger partial charge in [0.15, 0.2) is 0 Å². The number of carbonyl (C=O) groups is 3. The second kappa shape index (κ2) is 12.2. The van der Waals surface area contributed by atoms with Crippen LogP contribution in [0.1, 0.15) is 45.9 Å². The highest BCUT2D eigenvalue weighted by Gasteiger charge is 2.58. The minimum absolute atomic E-state index is 0.0276. The van der Waals surface area contributed by atoms with Crippen molar-refractivity contribution >= 4 is 30.1 Å². The molecule has 11 nitrogen and oxygen atoms in total. The number of imide groups is 1. The summed E-state index contributed by atoms with van der Waals surface area (Å²) in [5.41, 5.74) is -2.96. The Morgan fingerprint density at radius 3 is 2.23 bits per heavy atom. The molecular formula is C26H30F3N7O4. The predicted molar refractivity (Wildman–Crippen MR) is 139 cm³/mol. The Labute approximate surface area is 229 Å². The van der Waals surface area contributed by atoms with Crippen LogP contribution in [0.15, 0.2) is 59.6 Å². The summed E-state index contributed by atoms with van der Waals surface area (Å²) in [6.07, 6.45) is 1.10. The third-order valence-corrected chi connectivity index (χ3v) is 5.92. The van der Waals surface area contributed by atoms with Crippen molar-refractivity contribution < 1.29 is 32.3 Å². The Hall–Kier alpha value is -4.36. The van der Waals surface area contributed by atoms with Crippen LogP contribution in [-0.4, -0.2) is 64.1 Å². The number of alkyl halides is 3. The van der Waals surface area contributed by atoms with E-state index in [0.717, 1.165) is 6.21 Å². The van der Waals surface area contributed by atoms with Crippen LogP contribution in [0.3, 0.4) is 0 Å². The SMILES string of the molecule is CC(c1ncccn1)C1(C(F)(F)F)C=NC(CNC(=O)N(C(=O)NCC(=O)OC(C)(C)C)c2ccccn2)=CC1. The molecule has 214 valence electrons. The molecule has 2 aromatic heterocycles. The molecule has 0 aliphatic carbocycles. The molecule has 40 heavy (non-hydrogen) atoms. The summed E-state index contributed by atoms with van der Waals surface area (Å²) in [4.78, 5) is 54.4. The average molecular weight is 562 g/mol. The topological polar surface area (TPSA) is 139 Å². The zero-order valence-electron chi connectivity index (χ0n) is 22.4. The largest absolute Gasteiger partial charge is 0.459 e. The fraction of sp³-hybridized carbons (Fsp3) is 0.423. The van der Waals surface area contributed by atoms with Crippen molar-refractivity contribution in [3.05, 3.63) is 60.5 Å². The van der Waals surface area contributed by atoms with E-state index in [1.54, 1.807) is 32.9 Å². The van der Waals surface area contributed by atoms with Crippen LogP contribution in [0, 0.1) is 5.41 Å². The number of rotatable bonds is 7. The first kappa shape index (κ1) is 30.2. The maximum absolute atomic E-state index is 14.2. The first-order valence-corrected chi connectivity index (χ1v) is 12.3. The molecule has 0 saturated carbocycles. The zero-order valence-corrected chi connectivity index (χ0v) is 22.4. The number of ether oxygens (including phenoxy) is 1. The van der Waals surface area contributed by atoms with Gasteiger partial charge in [-0.2, -0.15) is 18.1 Å². The number of anilines is 1. The molecule has 0 saturated heterocycles. The van der Waals surface area contributed by atoms with E-state index in [4.69, 9.17) is 4.74 Å². The van der Waals surface area contributed by atoms with Gasteiger partial charge in [-0.25, -0.2) is 24.5 Å². The smallest absolute Gasteiger partial charge is 0.400 e. The number of hydrogen-bond acceptors (Lipinski definition) is 8. The lowest BCUT2D eigenvalue weighted by Gasteiger charge is -2.37. The molecule has 0 aromatic carbocycles. The third-order valence-electron chi connectivity index (χ3n) is 5.92. The highest BCUT2D eigenvalue weighted by molar-refractivity contribution is 6.13. The number of urea groups is 2. The fourth-order valence-electron chi connectivity index (χ4n) is 3.83. The van der Waals surface area contributed by atoms with Gasteiger partial charge in [0.2, 0.25) is 0 Å². The summed E-state index contributed by atoms with van der Waals surface area (Å²) >= 11 is 0. The van der Waals surface area contributed by atoms with Gasteiger partial charge >= 0.3 is 24.2 Å². The van der Waals surface area contributed by atoms with Crippen LogP contribution in [0.25, 0.3) is 0 Å². The van der Waals surface area contributed by atoms with E-state index >= 15 is 0 Å². The molecule has 2 atom stereocenters. The highest BCUT2D eigenvalue weighted by atomic mass is 19.4. The molecule has 2 unspecified atom stereocenters. The first-order chi connectivity index (χ1) is 18.7. The third kappa shape index (κ3) is 7.39. The molecule has 2 N–H and O–H groups in total. The summed E-state index contributed by atoms with van der Waals surface area (Å²) in [5, 5.41) is 4.78.